The fraction of sp³-hybridized carbons (Fsp3) is 0.562. The highest BCUT2D eigenvalue weighted by Gasteiger charge is 2.26. The molecule has 1 saturated carbocycles. The molecule has 0 spiro atoms. The second-order valence-electron chi connectivity index (χ2n) is 5.33. The van der Waals surface area contributed by atoms with Crippen molar-refractivity contribution in [2.75, 3.05) is 7.05 Å². The molecule has 0 heterocycles. The van der Waals surface area contributed by atoms with Gasteiger partial charge in [-0.3, -0.25) is 4.79 Å². The molecule has 4 nitrogen and oxygen atoms in total. The van der Waals surface area contributed by atoms with Gasteiger partial charge >= 0.3 is 0 Å². The van der Waals surface area contributed by atoms with E-state index in [4.69, 9.17) is 4.74 Å². The topological polar surface area (TPSA) is 50.4 Å². The van der Waals surface area contributed by atoms with Crippen LogP contribution in [-0.2, 0) is 4.79 Å². The third-order valence-electron chi connectivity index (χ3n) is 3.65. The summed E-state index contributed by atoms with van der Waals surface area (Å²) in [5.41, 5.74) is 1.10. The second kappa shape index (κ2) is 6.75. The number of amides is 1. The van der Waals surface area contributed by atoms with Gasteiger partial charge in [-0.1, -0.05) is 25.1 Å². The molecule has 1 aromatic rings. The van der Waals surface area contributed by atoms with Gasteiger partial charge in [-0.25, -0.2) is 0 Å². The number of hydrogen-bond acceptors (Lipinski definition) is 3. The van der Waals surface area contributed by atoms with Crippen LogP contribution in [0.2, 0.25) is 0 Å². The lowest BCUT2D eigenvalue weighted by Gasteiger charge is -2.21. The Morgan fingerprint density at radius 1 is 1.40 bits per heavy atom. The summed E-state index contributed by atoms with van der Waals surface area (Å²) in [6, 6.07) is 8.51. The predicted molar refractivity (Wildman–Crippen MR) is 79.8 cm³/mol. The summed E-state index contributed by atoms with van der Waals surface area (Å²) in [4.78, 5) is 12.0. The summed E-state index contributed by atoms with van der Waals surface area (Å²) in [5, 5.41) is 6.24. The highest BCUT2D eigenvalue weighted by molar-refractivity contribution is 5.81. The second-order valence-corrected chi connectivity index (χ2v) is 5.33. The van der Waals surface area contributed by atoms with E-state index in [-0.39, 0.29) is 11.9 Å². The van der Waals surface area contributed by atoms with Crippen molar-refractivity contribution in [1.82, 2.24) is 10.6 Å². The Bertz CT molecular complexity index is 454. The van der Waals surface area contributed by atoms with Crippen LogP contribution in [0.4, 0.5) is 0 Å². The molecular weight excluding hydrogens is 252 g/mol. The van der Waals surface area contributed by atoms with Gasteiger partial charge in [-0.05, 0) is 39.3 Å². The molecule has 1 aliphatic rings. The minimum absolute atomic E-state index is 0.0280. The zero-order chi connectivity index (χ0) is 14.5. The number of rotatable bonds is 7. The molecule has 110 valence electrons. The predicted octanol–water partition coefficient (Wildman–Crippen LogP) is 2.40. The minimum atomic E-state index is -0.467. The standard InChI is InChI=1S/C16H24N2O2/c1-4-14(17-3)13-7-5-6-8-15(13)20-11(2)16(19)18-12-9-10-12/h5-8,11-12,14,17H,4,9-10H2,1-3H3,(H,18,19). The number of carbonyl (C=O) groups is 1. The highest BCUT2D eigenvalue weighted by Crippen LogP contribution is 2.28. The maximum atomic E-state index is 12.0. The Hall–Kier alpha value is -1.55. The van der Waals surface area contributed by atoms with Gasteiger partial charge in [-0.15, -0.1) is 0 Å². The Morgan fingerprint density at radius 3 is 2.70 bits per heavy atom. The fourth-order valence-electron chi connectivity index (χ4n) is 2.25. The maximum Gasteiger partial charge on any atom is 0.260 e. The molecule has 1 fully saturated rings. The molecule has 1 aliphatic carbocycles. The van der Waals surface area contributed by atoms with Crippen LogP contribution >= 0.6 is 0 Å². The molecule has 0 radical (unpaired) electrons. The molecule has 1 amide bonds. The largest absolute Gasteiger partial charge is 0.481 e. The van der Waals surface area contributed by atoms with Gasteiger partial charge in [0.25, 0.3) is 5.91 Å². The molecule has 1 aromatic carbocycles. The van der Waals surface area contributed by atoms with Crippen LogP contribution in [0.25, 0.3) is 0 Å². The average Bonchev–Trinajstić information content (AvgIpc) is 3.25. The first-order chi connectivity index (χ1) is 9.65. The molecule has 2 atom stereocenters. The van der Waals surface area contributed by atoms with Crippen molar-refractivity contribution in [2.24, 2.45) is 0 Å². The Kier molecular flexibility index (Phi) is 5.01. The van der Waals surface area contributed by atoms with Crippen molar-refractivity contribution < 1.29 is 9.53 Å². The van der Waals surface area contributed by atoms with E-state index >= 15 is 0 Å². The molecule has 2 N–H and O–H groups in total. The van der Waals surface area contributed by atoms with Crippen LogP contribution in [0.15, 0.2) is 24.3 Å². The van der Waals surface area contributed by atoms with E-state index < -0.39 is 6.10 Å². The quantitative estimate of drug-likeness (QED) is 0.804. The van der Waals surface area contributed by atoms with Crippen LogP contribution in [0.3, 0.4) is 0 Å². The molecule has 20 heavy (non-hydrogen) atoms. The first-order valence-corrected chi connectivity index (χ1v) is 7.39. The number of benzene rings is 1. The first kappa shape index (κ1) is 14.9. The summed E-state index contributed by atoms with van der Waals surface area (Å²) in [5.74, 6) is 0.756. The van der Waals surface area contributed by atoms with Crippen molar-refractivity contribution in [3.8, 4) is 5.75 Å². The van der Waals surface area contributed by atoms with Crippen LogP contribution in [-0.4, -0.2) is 25.1 Å². The number of carbonyl (C=O) groups excluding carboxylic acids is 1. The minimum Gasteiger partial charge on any atom is -0.481 e. The van der Waals surface area contributed by atoms with Gasteiger partial charge in [0.1, 0.15) is 5.75 Å². The summed E-state index contributed by atoms with van der Waals surface area (Å²) in [6.45, 7) is 3.93. The molecule has 0 aliphatic heterocycles. The normalized spacial score (nSPS) is 17.4. The van der Waals surface area contributed by atoms with Crippen molar-refractivity contribution >= 4 is 5.91 Å². The van der Waals surface area contributed by atoms with Crippen LogP contribution in [0.1, 0.15) is 44.7 Å². The molecule has 0 bridgehead atoms. The highest BCUT2D eigenvalue weighted by atomic mass is 16.5. The zero-order valence-corrected chi connectivity index (χ0v) is 12.5. The van der Waals surface area contributed by atoms with Crippen LogP contribution in [0.5, 0.6) is 5.75 Å². The average molecular weight is 276 g/mol. The monoisotopic (exact) mass is 276 g/mol. The van der Waals surface area contributed by atoms with Crippen LogP contribution < -0.4 is 15.4 Å². The van der Waals surface area contributed by atoms with Crippen molar-refractivity contribution in [2.45, 2.75) is 51.3 Å². The summed E-state index contributed by atoms with van der Waals surface area (Å²) in [7, 11) is 1.94. The van der Waals surface area contributed by atoms with Gasteiger partial charge in [0.2, 0.25) is 0 Å². The third kappa shape index (κ3) is 3.73. The lowest BCUT2D eigenvalue weighted by atomic mass is 10.0. The van der Waals surface area contributed by atoms with Gasteiger partial charge in [0, 0.05) is 17.6 Å². The Balaban J connectivity index is 2.05. The van der Waals surface area contributed by atoms with Crippen LogP contribution in [0, 0.1) is 0 Å². The SMILES string of the molecule is CCC(NC)c1ccccc1OC(C)C(=O)NC1CC1. The summed E-state index contributed by atoms with van der Waals surface area (Å²) in [6.07, 6.45) is 2.69. The maximum absolute atomic E-state index is 12.0. The Morgan fingerprint density at radius 2 is 2.10 bits per heavy atom. The van der Waals surface area contributed by atoms with E-state index in [1.165, 1.54) is 0 Å². The van der Waals surface area contributed by atoms with E-state index in [2.05, 4.69) is 17.6 Å². The zero-order valence-electron chi connectivity index (χ0n) is 12.5. The molecule has 2 rings (SSSR count). The van der Waals surface area contributed by atoms with E-state index in [1.807, 2.05) is 31.3 Å². The fourth-order valence-corrected chi connectivity index (χ4v) is 2.25. The van der Waals surface area contributed by atoms with Gasteiger partial charge in [-0.2, -0.15) is 0 Å². The smallest absolute Gasteiger partial charge is 0.260 e. The number of nitrogens with one attached hydrogen (secondary N) is 2. The molecule has 0 aromatic heterocycles. The molecule has 0 saturated heterocycles. The molecule has 2 unspecified atom stereocenters. The van der Waals surface area contributed by atoms with Gasteiger partial charge in [0.05, 0.1) is 0 Å². The summed E-state index contributed by atoms with van der Waals surface area (Å²) >= 11 is 0. The van der Waals surface area contributed by atoms with E-state index in [0.717, 1.165) is 30.6 Å². The van der Waals surface area contributed by atoms with E-state index in [1.54, 1.807) is 6.92 Å². The molecular formula is C16H24N2O2. The van der Waals surface area contributed by atoms with E-state index in [9.17, 15) is 4.79 Å². The summed E-state index contributed by atoms with van der Waals surface area (Å²) < 4.78 is 5.87. The third-order valence-corrected chi connectivity index (χ3v) is 3.65. The first-order valence-electron chi connectivity index (χ1n) is 7.39. The number of hydrogen-bond donors (Lipinski definition) is 2. The lowest BCUT2D eigenvalue weighted by Crippen LogP contribution is -2.37. The van der Waals surface area contributed by atoms with Crippen molar-refractivity contribution in [3.63, 3.8) is 0 Å². The van der Waals surface area contributed by atoms with E-state index in [0.29, 0.717) is 6.04 Å². The number of ether oxygens (including phenoxy) is 1. The lowest BCUT2D eigenvalue weighted by molar-refractivity contribution is -0.127. The number of para-hydroxylation sites is 1. The van der Waals surface area contributed by atoms with Gasteiger partial charge < -0.3 is 15.4 Å². The molecule has 4 heteroatoms. The van der Waals surface area contributed by atoms with Crippen molar-refractivity contribution in [3.05, 3.63) is 29.8 Å². The van der Waals surface area contributed by atoms with Gasteiger partial charge in [0.15, 0.2) is 6.10 Å². The Labute approximate surface area is 120 Å². The van der Waals surface area contributed by atoms with Crippen molar-refractivity contribution in [1.29, 1.82) is 0 Å².